The normalized spacial score (nSPS) is 15.0. The Morgan fingerprint density at radius 3 is 2.38 bits per heavy atom. The van der Waals surface area contributed by atoms with E-state index in [1.54, 1.807) is 12.1 Å². The second-order valence-electron chi connectivity index (χ2n) is 6.14. The smallest absolute Gasteiger partial charge is 0.254 e. The van der Waals surface area contributed by atoms with E-state index in [0.717, 1.165) is 31.6 Å². The highest BCUT2D eigenvalue weighted by Crippen LogP contribution is 2.17. The number of ketones is 1. The molecule has 1 aliphatic heterocycles. The van der Waals surface area contributed by atoms with Crippen LogP contribution in [0.5, 0.6) is 0 Å². The third-order valence-corrected chi connectivity index (χ3v) is 4.34. The molecule has 0 unspecified atom stereocenters. The number of nitrogens with one attached hydrogen (secondary N) is 1. The summed E-state index contributed by atoms with van der Waals surface area (Å²) in [4.78, 5) is 27.6. The SMILES string of the molecule is Cc1ccc(C(=O)c2ccccc2C(=O)N2CCCNCC2)cc1. The predicted octanol–water partition coefficient (Wildman–Crippen LogP) is 2.66. The molecule has 2 aromatic carbocycles. The Labute approximate surface area is 142 Å². The Morgan fingerprint density at radius 2 is 1.62 bits per heavy atom. The molecule has 1 aliphatic rings. The maximum absolute atomic E-state index is 12.9. The fourth-order valence-electron chi connectivity index (χ4n) is 2.95. The van der Waals surface area contributed by atoms with Crippen molar-refractivity contribution in [3.63, 3.8) is 0 Å². The summed E-state index contributed by atoms with van der Waals surface area (Å²) in [5, 5.41) is 3.29. The molecule has 24 heavy (non-hydrogen) atoms. The van der Waals surface area contributed by atoms with Crippen LogP contribution in [0.2, 0.25) is 0 Å². The minimum Gasteiger partial charge on any atom is -0.337 e. The van der Waals surface area contributed by atoms with E-state index in [2.05, 4.69) is 5.32 Å². The molecule has 0 aliphatic carbocycles. The molecule has 3 rings (SSSR count). The van der Waals surface area contributed by atoms with Crippen molar-refractivity contribution in [3.05, 3.63) is 70.8 Å². The van der Waals surface area contributed by atoms with Crippen molar-refractivity contribution in [2.24, 2.45) is 0 Å². The molecule has 0 saturated carbocycles. The molecule has 4 heteroatoms. The van der Waals surface area contributed by atoms with Gasteiger partial charge in [0, 0.05) is 30.8 Å². The largest absolute Gasteiger partial charge is 0.337 e. The number of carbonyl (C=O) groups is 2. The highest BCUT2D eigenvalue weighted by molar-refractivity contribution is 6.15. The first-order chi connectivity index (χ1) is 11.7. The molecule has 1 saturated heterocycles. The number of amides is 1. The molecule has 0 radical (unpaired) electrons. The van der Waals surface area contributed by atoms with Gasteiger partial charge in [0.1, 0.15) is 0 Å². The summed E-state index contributed by atoms with van der Waals surface area (Å²) in [5.74, 6) is -0.165. The van der Waals surface area contributed by atoms with Crippen LogP contribution in [0.25, 0.3) is 0 Å². The van der Waals surface area contributed by atoms with E-state index in [1.807, 2.05) is 48.2 Å². The van der Waals surface area contributed by atoms with E-state index >= 15 is 0 Å². The van der Waals surface area contributed by atoms with Gasteiger partial charge in [0.2, 0.25) is 0 Å². The highest BCUT2D eigenvalue weighted by Gasteiger charge is 2.22. The number of carbonyl (C=O) groups excluding carboxylic acids is 2. The van der Waals surface area contributed by atoms with E-state index in [-0.39, 0.29) is 11.7 Å². The maximum Gasteiger partial charge on any atom is 0.254 e. The molecule has 0 bridgehead atoms. The van der Waals surface area contributed by atoms with E-state index in [9.17, 15) is 9.59 Å². The molecule has 0 spiro atoms. The van der Waals surface area contributed by atoms with Crippen LogP contribution in [-0.4, -0.2) is 42.8 Å². The van der Waals surface area contributed by atoms with Gasteiger partial charge in [-0.25, -0.2) is 0 Å². The van der Waals surface area contributed by atoms with Gasteiger partial charge in [-0.15, -0.1) is 0 Å². The van der Waals surface area contributed by atoms with Gasteiger partial charge in [0.15, 0.2) is 5.78 Å². The molecule has 0 atom stereocenters. The Kier molecular flexibility index (Phi) is 5.06. The molecule has 0 aromatic heterocycles. The van der Waals surface area contributed by atoms with Crippen molar-refractivity contribution in [2.45, 2.75) is 13.3 Å². The Balaban J connectivity index is 1.91. The highest BCUT2D eigenvalue weighted by atomic mass is 16.2. The molecule has 4 nitrogen and oxygen atoms in total. The third kappa shape index (κ3) is 3.54. The Bertz CT molecular complexity index is 730. The van der Waals surface area contributed by atoms with Crippen molar-refractivity contribution in [2.75, 3.05) is 26.2 Å². The average Bonchev–Trinajstić information content (AvgIpc) is 2.90. The first-order valence-electron chi connectivity index (χ1n) is 8.37. The van der Waals surface area contributed by atoms with Gasteiger partial charge in [0.25, 0.3) is 5.91 Å². The van der Waals surface area contributed by atoms with Crippen LogP contribution < -0.4 is 5.32 Å². The lowest BCUT2D eigenvalue weighted by Gasteiger charge is -2.21. The van der Waals surface area contributed by atoms with Crippen LogP contribution in [0, 0.1) is 6.92 Å². The van der Waals surface area contributed by atoms with Crippen LogP contribution in [-0.2, 0) is 0 Å². The van der Waals surface area contributed by atoms with Gasteiger partial charge in [-0.1, -0.05) is 48.0 Å². The van der Waals surface area contributed by atoms with Crippen molar-refractivity contribution in [1.29, 1.82) is 0 Å². The Morgan fingerprint density at radius 1 is 0.917 bits per heavy atom. The minimum absolute atomic E-state index is 0.0604. The lowest BCUT2D eigenvalue weighted by molar-refractivity contribution is 0.0762. The van der Waals surface area contributed by atoms with Crippen LogP contribution in [0.15, 0.2) is 48.5 Å². The van der Waals surface area contributed by atoms with Crippen LogP contribution in [0.4, 0.5) is 0 Å². The summed E-state index contributed by atoms with van der Waals surface area (Å²) in [7, 11) is 0. The second-order valence-corrected chi connectivity index (χ2v) is 6.14. The predicted molar refractivity (Wildman–Crippen MR) is 94.4 cm³/mol. The van der Waals surface area contributed by atoms with Crippen molar-refractivity contribution in [1.82, 2.24) is 10.2 Å². The molecule has 1 heterocycles. The fraction of sp³-hybridized carbons (Fsp3) is 0.300. The second kappa shape index (κ2) is 7.41. The zero-order valence-electron chi connectivity index (χ0n) is 13.9. The van der Waals surface area contributed by atoms with Crippen LogP contribution in [0.1, 0.15) is 38.3 Å². The van der Waals surface area contributed by atoms with E-state index in [0.29, 0.717) is 23.2 Å². The average molecular weight is 322 g/mol. The summed E-state index contributed by atoms with van der Waals surface area (Å²) in [6.45, 7) is 5.09. The van der Waals surface area contributed by atoms with Crippen molar-refractivity contribution >= 4 is 11.7 Å². The number of nitrogens with zero attached hydrogens (tertiary/aromatic N) is 1. The topological polar surface area (TPSA) is 49.4 Å². The molecule has 124 valence electrons. The van der Waals surface area contributed by atoms with Crippen LogP contribution >= 0.6 is 0 Å². The zero-order valence-corrected chi connectivity index (χ0v) is 13.9. The first kappa shape index (κ1) is 16.4. The molecular weight excluding hydrogens is 300 g/mol. The van der Waals surface area contributed by atoms with Gasteiger partial charge in [-0.3, -0.25) is 9.59 Å². The summed E-state index contributed by atoms with van der Waals surface area (Å²) in [5.41, 5.74) is 2.68. The van der Waals surface area contributed by atoms with Gasteiger partial charge in [0.05, 0.1) is 5.56 Å². The summed E-state index contributed by atoms with van der Waals surface area (Å²) in [6.07, 6.45) is 0.930. The van der Waals surface area contributed by atoms with Crippen molar-refractivity contribution < 1.29 is 9.59 Å². The summed E-state index contributed by atoms with van der Waals surface area (Å²) in [6, 6.07) is 14.6. The summed E-state index contributed by atoms with van der Waals surface area (Å²) < 4.78 is 0. The van der Waals surface area contributed by atoms with Gasteiger partial charge < -0.3 is 10.2 Å². The molecule has 2 aromatic rings. The fourth-order valence-corrected chi connectivity index (χ4v) is 2.95. The first-order valence-corrected chi connectivity index (χ1v) is 8.37. The lowest BCUT2D eigenvalue weighted by atomic mass is 9.97. The number of rotatable bonds is 3. The quantitative estimate of drug-likeness (QED) is 0.884. The monoisotopic (exact) mass is 322 g/mol. The van der Waals surface area contributed by atoms with Gasteiger partial charge in [-0.05, 0) is 26.0 Å². The van der Waals surface area contributed by atoms with Crippen molar-refractivity contribution in [3.8, 4) is 0 Å². The third-order valence-electron chi connectivity index (χ3n) is 4.34. The van der Waals surface area contributed by atoms with Gasteiger partial charge >= 0.3 is 0 Å². The van der Waals surface area contributed by atoms with Crippen LogP contribution in [0.3, 0.4) is 0 Å². The van der Waals surface area contributed by atoms with E-state index < -0.39 is 0 Å². The minimum atomic E-state index is -0.105. The van der Waals surface area contributed by atoms with E-state index in [1.165, 1.54) is 0 Å². The van der Waals surface area contributed by atoms with Gasteiger partial charge in [-0.2, -0.15) is 0 Å². The molecular formula is C20H22N2O2. The zero-order chi connectivity index (χ0) is 16.9. The summed E-state index contributed by atoms with van der Waals surface area (Å²) >= 11 is 0. The number of hydrogen-bond donors (Lipinski definition) is 1. The Hall–Kier alpha value is -2.46. The molecule has 1 amide bonds. The molecule has 1 N–H and O–H groups in total. The lowest BCUT2D eigenvalue weighted by Crippen LogP contribution is -2.35. The standard InChI is InChI=1S/C20H22N2O2/c1-15-7-9-16(10-8-15)19(23)17-5-2-3-6-18(17)20(24)22-13-4-11-21-12-14-22/h2-3,5-10,21H,4,11-14H2,1H3. The number of aryl methyl sites for hydroxylation is 1. The number of hydrogen-bond acceptors (Lipinski definition) is 3. The molecule has 1 fully saturated rings. The maximum atomic E-state index is 12.9. The number of benzene rings is 2. The van der Waals surface area contributed by atoms with E-state index in [4.69, 9.17) is 0 Å².